The summed E-state index contributed by atoms with van der Waals surface area (Å²) in [7, 11) is 0. The monoisotopic (exact) mass is 272 g/mol. The summed E-state index contributed by atoms with van der Waals surface area (Å²) >= 11 is 0. The van der Waals surface area contributed by atoms with Crippen LogP contribution in [-0.2, 0) is 9.59 Å². The minimum absolute atomic E-state index is 0.0322. The van der Waals surface area contributed by atoms with E-state index in [4.69, 9.17) is 10.8 Å². The zero-order valence-electron chi connectivity index (χ0n) is 12.5. The molecule has 1 unspecified atom stereocenters. The van der Waals surface area contributed by atoms with E-state index in [1.54, 1.807) is 0 Å². The second kappa shape index (κ2) is 8.15. The van der Waals surface area contributed by atoms with Crippen molar-refractivity contribution in [2.45, 2.75) is 59.4 Å². The van der Waals surface area contributed by atoms with E-state index in [-0.39, 0.29) is 29.7 Å². The first-order valence-corrected chi connectivity index (χ1v) is 6.88. The van der Waals surface area contributed by atoms with Crippen LogP contribution in [0.5, 0.6) is 0 Å². The number of nitrogens with two attached hydrogens (primary N) is 1. The Morgan fingerprint density at radius 3 is 2.32 bits per heavy atom. The van der Waals surface area contributed by atoms with Gasteiger partial charge in [0.1, 0.15) is 0 Å². The van der Waals surface area contributed by atoms with Crippen molar-refractivity contribution in [3.05, 3.63) is 0 Å². The van der Waals surface area contributed by atoms with Crippen molar-refractivity contribution in [2.24, 2.45) is 17.1 Å². The number of hydrogen-bond donors (Lipinski definition) is 3. The molecule has 5 heteroatoms. The summed E-state index contributed by atoms with van der Waals surface area (Å²) in [5.41, 5.74) is 5.75. The molecule has 0 aromatic carbocycles. The van der Waals surface area contributed by atoms with Crippen molar-refractivity contribution in [2.75, 3.05) is 6.54 Å². The van der Waals surface area contributed by atoms with E-state index < -0.39 is 5.97 Å². The molecule has 0 aliphatic carbocycles. The number of rotatable bonds is 9. The topological polar surface area (TPSA) is 92.4 Å². The number of nitrogens with one attached hydrogen (secondary N) is 1. The van der Waals surface area contributed by atoms with Gasteiger partial charge in [0.05, 0.1) is 0 Å². The minimum atomic E-state index is -0.778. The van der Waals surface area contributed by atoms with Gasteiger partial charge in [0, 0.05) is 25.4 Å². The van der Waals surface area contributed by atoms with E-state index >= 15 is 0 Å². The maximum atomic E-state index is 11.6. The van der Waals surface area contributed by atoms with Crippen LogP contribution in [0.3, 0.4) is 0 Å². The number of carbonyl (C=O) groups excluding carboxylic acids is 1. The van der Waals surface area contributed by atoms with Crippen LogP contribution in [0, 0.1) is 11.3 Å². The Morgan fingerprint density at radius 1 is 1.26 bits per heavy atom. The molecule has 112 valence electrons. The summed E-state index contributed by atoms with van der Waals surface area (Å²) in [5.74, 6) is -0.520. The van der Waals surface area contributed by atoms with Gasteiger partial charge in [0.25, 0.3) is 0 Å². The Labute approximate surface area is 115 Å². The maximum Gasteiger partial charge on any atom is 0.303 e. The fraction of sp³-hybridized carbons (Fsp3) is 0.857. The van der Waals surface area contributed by atoms with Crippen molar-refractivity contribution in [1.82, 2.24) is 5.32 Å². The van der Waals surface area contributed by atoms with Gasteiger partial charge >= 0.3 is 5.97 Å². The molecule has 0 saturated heterocycles. The lowest BCUT2D eigenvalue weighted by molar-refractivity contribution is -0.137. The number of amides is 1. The first-order chi connectivity index (χ1) is 8.64. The molecule has 0 spiro atoms. The third-order valence-corrected chi connectivity index (χ3v) is 3.42. The van der Waals surface area contributed by atoms with E-state index in [0.717, 1.165) is 6.42 Å². The molecule has 19 heavy (non-hydrogen) atoms. The van der Waals surface area contributed by atoms with Crippen molar-refractivity contribution in [1.29, 1.82) is 0 Å². The number of carboxylic acid groups (broad SMARTS) is 1. The van der Waals surface area contributed by atoms with Crippen molar-refractivity contribution < 1.29 is 14.7 Å². The summed E-state index contributed by atoms with van der Waals surface area (Å²) in [4.78, 5) is 22.2. The molecule has 0 aliphatic rings. The molecule has 5 nitrogen and oxygen atoms in total. The van der Waals surface area contributed by atoms with Crippen molar-refractivity contribution in [3.8, 4) is 0 Å². The fourth-order valence-corrected chi connectivity index (χ4v) is 1.63. The Kier molecular flexibility index (Phi) is 7.68. The molecule has 0 aromatic heterocycles. The third kappa shape index (κ3) is 9.47. The van der Waals surface area contributed by atoms with E-state index in [0.29, 0.717) is 19.4 Å². The van der Waals surface area contributed by atoms with Gasteiger partial charge in [-0.1, -0.05) is 27.7 Å². The summed E-state index contributed by atoms with van der Waals surface area (Å²) in [6.45, 7) is 8.58. The second-order valence-corrected chi connectivity index (χ2v) is 6.27. The highest BCUT2D eigenvalue weighted by atomic mass is 16.4. The quantitative estimate of drug-likeness (QED) is 0.596. The first-order valence-electron chi connectivity index (χ1n) is 6.88. The largest absolute Gasteiger partial charge is 0.481 e. The zero-order chi connectivity index (χ0) is 15.1. The predicted octanol–water partition coefficient (Wildman–Crippen LogP) is 1.76. The van der Waals surface area contributed by atoms with Gasteiger partial charge in [-0.3, -0.25) is 9.59 Å². The molecule has 0 rings (SSSR count). The molecule has 1 amide bonds. The van der Waals surface area contributed by atoms with Gasteiger partial charge in [-0.15, -0.1) is 0 Å². The molecule has 0 saturated carbocycles. The summed E-state index contributed by atoms with van der Waals surface area (Å²) < 4.78 is 0. The third-order valence-electron chi connectivity index (χ3n) is 3.42. The van der Waals surface area contributed by atoms with Crippen LogP contribution in [0.4, 0.5) is 0 Å². The summed E-state index contributed by atoms with van der Waals surface area (Å²) in [6.07, 6.45) is 1.89. The van der Waals surface area contributed by atoms with Crippen LogP contribution < -0.4 is 11.1 Å². The van der Waals surface area contributed by atoms with E-state index in [1.807, 2.05) is 27.7 Å². The summed E-state index contributed by atoms with van der Waals surface area (Å²) in [5, 5.41) is 11.5. The van der Waals surface area contributed by atoms with Crippen LogP contribution in [0.25, 0.3) is 0 Å². The van der Waals surface area contributed by atoms with E-state index in [1.165, 1.54) is 0 Å². The molecule has 0 heterocycles. The number of aliphatic carboxylic acids is 1. The van der Waals surface area contributed by atoms with Crippen LogP contribution in [-0.4, -0.2) is 29.6 Å². The molecule has 4 N–H and O–H groups in total. The average Bonchev–Trinajstić information content (AvgIpc) is 2.26. The molecular formula is C14H28N2O3. The fourth-order valence-electron chi connectivity index (χ4n) is 1.63. The highest BCUT2D eigenvalue weighted by molar-refractivity contribution is 5.76. The molecule has 0 aliphatic heterocycles. The van der Waals surface area contributed by atoms with Crippen LogP contribution >= 0.6 is 0 Å². The summed E-state index contributed by atoms with van der Waals surface area (Å²) in [6, 6.07) is -0.111. The molecule has 0 bridgehead atoms. The number of carbonyl (C=O) groups is 2. The molecule has 0 radical (unpaired) electrons. The van der Waals surface area contributed by atoms with Gasteiger partial charge in [0.2, 0.25) is 5.91 Å². The Balaban J connectivity index is 3.88. The first kappa shape index (κ1) is 17.9. The smallest absolute Gasteiger partial charge is 0.303 e. The van der Waals surface area contributed by atoms with Crippen LogP contribution in [0.15, 0.2) is 0 Å². The van der Waals surface area contributed by atoms with Gasteiger partial charge in [-0.25, -0.2) is 0 Å². The lowest BCUT2D eigenvalue weighted by atomic mass is 9.84. The molecule has 1 atom stereocenters. The Hall–Kier alpha value is -1.10. The average molecular weight is 272 g/mol. The zero-order valence-corrected chi connectivity index (χ0v) is 12.5. The second-order valence-electron chi connectivity index (χ2n) is 6.27. The molecule has 0 fully saturated rings. The Morgan fingerprint density at radius 2 is 1.84 bits per heavy atom. The van der Waals surface area contributed by atoms with E-state index in [2.05, 4.69) is 5.32 Å². The maximum absolute atomic E-state index is 11.6. The minimum Gasteiger partial charge on any atom is -0.481 e. The van der Waals surface area contributed by atoms with Crippen molar-refractivity contribution in [3.63, 3.8) is 0 Å². The standard InChI is InChI=1S/C14H28N2O3/c1-10(2)11(15)9-12(17)16-8-7-14(3,4)6-5-13(18)19/h10-11H,5-9,15H2,1-4H3,(H,16,17)(H,18,19). The van der Waals surface area contributed by atoms with Crippen LogP contribution in [0.2, 0.25) is 0 Å². The molecule has 0 aromatic rings. The Bertz CT molecular complexity index is 301. The lowest BCUT2D eigenvalue weighted by Gasteiger charge is -2.24. The highest BCUT2D eigenvalue weighted by Crippen LogP contribution is 2.25. The molecular weight excluding hydrogens is 244 g/mol. The van der Waals surface area contributed by atoms with Gasteiger partial charge in [-0.2, -0.15) is 0 Å². The van der Waals surface area contributed by atoms with Crippen molar-refractivity contribution >= 4 is 11.9 Å². The van der Waals surface area contributed by atoms with Gasteiger partial charge in [0.15, 0.2) is 0 Å². The van der Waals surface area contributed by atoms with Crippen LogP contribution in [0.1, 0.15) is 53.4 Å². The SMILES string of the molecule is CC(C)C(N)CC(=O)NCCC(C)(C)CCC(=O)O. The normalized spacial score (nSPS) is 13.4. The van der Waals surface area contributed by atoms with Gasteiger partial charge < -0.3 is 16.2 Å². The lowest BCUT2D eigenvalue weighted by Crippen LogP contribution is -2.36. The highest BCUT2D eigenvalue weighted by Gasteiger charge is 2.19. The number of carboxylic acids is 1. The van der Waals surface area contributed by atoms with Gasteiger partial charge in [-0.05, 0) is 24.2 Å². The predicted molar refractivity (Wildman–Crippen MR) is 75.7 cm³/mol. The number of hydrogen-bond acceptors (Lipinski definition) is 3. The van der Waals surface area contributed by atoms with E-state index in [9.17, 15) is 9.59 Å².